The number of guanidine groups is 2. The van der Waals surface area contributed by atoms with E-state index in [0.717, 1.165) is 25.9 Å². The third-order valence-corrected chi connectivity index (χ3v) is 2.24. The standard InChI is InChI=1S/C9H19N5O/c10-8(11)14-9(12)13-5-4-7-3-1-2-6-15-7/h7H,1-6H2,(H6,10,11,12,13,14). The van der Waals surface area contributed by atoms with Gasteiger partial charge in [-0.1, -0.05) is 0 Å². The molecule has 86 valence electrons. The molecule has 1 aliphatic rings. The van der Waals surface area contributed by atoms with Gasteiger partial charge in [-0.2, -0.15) is 4.99 Å². The molecule has 6 nitrogen and oxygen atoms in total. The smallest absolute Gasteiger partial charge is 0.218 e. The lowest BCUT2D eigenvalue weighted by atomic mass is 10.1. The van der Waals surface area contributed by atoms with E-state index < -0.39 is 0 Å². The van der Waals surface area contributed by atoms with Crippen LogP contribution < -0.4 is 17.2 Å². The maximum absolute atomic E-state index is 5.55. The average molecular weight is 213 g/mol. The molecule has 6 N–H and O–H groups in total. The first-order valence-electron chi connectivity index (χ1n) is 5.19. The van der Waals surface area contributed by atoms with Gasteiger partial charge in [0.25, 0.3) is 0 Å². The van der Waals surface area contributed by atoms with Crippen molar-refractivity contribution in [3.05, 3.63) is 0 Å². The molecule has 1 unspecified atom stereocenters. The summed E-state index contributed by atoms with van der Waals surface area (Å²) in [6, 6.07) is 0. The molecule has 0 aromatic heterocycles. The Balaban J connectivity index is 2.21. The maximum Gasteiger partial charge on any atom is 0.218 e. The van der Waals surface area contributed by atoms with Gasteiger partial charge in [0.2, 0.25) is 5.96 Å². The summed E-state index contributed by atoms with van der Waals surface area (Å²) in [5.74, 6) is 0.0657. The van der Waals surface area contributed by atoms with Crippen molar-refractivity contribution >= 4 is 11.9 Å². The number of hydrogen-bond acceptors (Lipinski definition) is 2. The summed E-state index contributed by atoms with van der Waals surface area (Å²) in [7, 11) is 0. The second kappa shape index (κ2) is 6.23. The predicted molar refractivity (Wildman–Crippen MR) is 60.5 cm³/mol. The summed E-state index contributed by atoms with van der Waals surface area (Å²) in [5, 5.41) is 0. The zero-order valence-electron chi connectivity index (χ0n) is 8.85. The van der Waals surface area contributed by atoms with Gasteiger partial charge >= 0.3 is 0 Å². The Hall–Kier alpha value is -1.30. The second-order valence-electron chi connectivity index (χ2n) is 3.55. The highest BCUT2D eigenvalue weighted by Crippen LogP contribution is 2.15. The minimum atomic E-state index is -0.0647. The third kappa shape index (κ3) is 5.21. The number of ether oxygens (including phenoxy) is 1. The molecule has 0 radical (unpaired) electrons. The van der Waals surface area contributed by atoms with Crippen molar-refractivity contribution in [3.63, 3.8) is 0 Å². The molecule has 0 saturated carbocycles. The summed E-state index contributed by atoms with van der Waals surface area (Å²) in [6.45, 7) is 1.46. The van der Waals surface area contributed by atoms with Crippen molar-refractivity contribution < 1.29 is 4.74 Å². The van der Waals surface area contributed by atoms with Gasteiger partial charge in [0.05, 0.1) is 6.10 Å². The van der Waals surface area contributed by atoms with Gasteiger partial charge in [0.15, 0.2) is 5.96 Å². The highest BCUT2D eigenvalue weighted by Gasteiger charge is 2.12. The summed E-state index contributed by atoms with van der Waals surface area (Å²) in [4.78, 5) is 7.64. The minimum absolute atomic E-state index is 0.0647. The molecule has 1 saturated heterocycles. The number of rotatable bonds is 3. The van der Waals surface area contributed by atoms with Crippen LogP contribution in [-0.4, -0.2) is 31.2 Å². The van der Waals surface area contributed by atoms with E-state index in [9.17, 15) is 0 Å². The van der Waals surface area contributed by atoms with Crippen molar-refractivity contribution in [2.75, 3.05) is 13.2 Å². The van der Waals surface area contributed by atoms with Crippen LogP contribution in [-0.2, 0) is 4.74 Å². The molecule has 1 aliphatic heterocycles. The number of hydrogen-bond donors (Lipinski definition) is 3. The molecule has 0 aliphatic carbocycles. The summed E-state index contributed by atoms with van der Waals surface area (Å²) in [5.41, 5.74) is 15.8. The Bertz CT molecular complexity index is 241. The van der Waals surface area contributed by atoms with Crippen molar-refractivity contribution in [1.82, 2.24) is 0 Å². The van der Waals surface area contributed by atoms with Crippen molar-refractivity contribution in [2.45, 2.75) is 31.8 Å². The van der Waals surface area contributed by atoms with Crippen LogP contribution in [0.25, 0.3) is 0 Å². The van der Waals surface area contributed by atoms with E-state index in [1.807, 2.05) is 0 Å². The van der Waals surface area contributed by atoms with Gasteiger partial charge in [-0.3, -0.25) is 4.99 Å². The van der Waals surface area contributed by atoms with Gasteiger partial charge in [0, 0.05) is 13.2 Å². The lowest BCUT2D eigenvalue weighted by Gasteiger charge is -2.21. The van der Waals surface area contributed by atoms with Crippen LogP contribution in [0.5, 0.6) is 0 Å². The van der Waals surface area contributed by atoms with E-state index in [1.165, 1.54) is 6.42 Å². The fraction of sp³-hybridized carbons (Fsp3) is 0.778. The van der Waals surface area contributed by atoms with Crippen LogP contribution in [0, 0.1) is 0 Å². The zero-order valence-corrected chi connectivity index (χ0v) is 8.85. The number of nitrogens with zero attached hydrogens (tertiary/aromatic N) is 2. The van der Waals surface area contributed by atoms with E-state index in [0.29, 0.717) is 12.6 Å². The van der Waals surface area contributed by atoms with Crippen molar-refractivity contribution in [2.24, 2.45) is 27.2 Å². The Morgan fingerprint density at radius 2 is 2.07 bits per heavy atom. The van der Waals surface area contributed by atoms with E-state index in [2.05, 4.69) is 9.98 Å². The first-order chi connectivity index (χ1) is 7.18. The molecule has 1 atom stereocenters. The molecule has 0 aromatic carbocycles. The molecule has 0 amide bonds. The van der Waals surface area contributed by atoms with Gasteiger partial charge in [-0.15, -0.1) is 0 Å². The molecule has 0 spiro atoms. The zero-order chi connectivity index (χ0) is 11.1. The van der Waals surface area contributed by atoms with Gasteiger partial charge in [-0.25, -0.2) is 0 Å². The third-order valence-electron chi connectivity index (χ3n) is 2.24. The second-order valence-corrected chi connectivity index (χ2v) is 3.55. The van der Waals surface area contributed by atoms with Crippen LogP contribution in [0.1, 0.15) is 25.7 Å². The summed E-state index contributed by atoms with van der Waals surface area (Å²) >= 11 is 0. The van der Waals surface area contributed by atoms with Crippen LogP contribution in [0.2, 0.25) is 0 Å². The van der Waals surface area contributed by atoms with Gasteiger partial charge < -0.3 is 21.9 Å². The Labute approximate surface area is 89.6 Å². The molecule has 1 heterocycles. The van der Waals surface area contributed by atoms with Crippen LogP contribution in [0.3, 0.4) is 0 Å². The minimum Gasteiger partial charge on any atom is -0.378 e. The maximum atomic E-state index is 5.55. The first kappa shape index (κ1) is 11.8. The Morgan fingerprint density at radius 3 is 2.67 bits per heavy atom. The monoisotopic (exact) mass is 213 g/mol. The lowest BCUT2D eigenvalue weighted by Crippen LogP contribution is -2.26. The first-order valence-corrected chi connectivity index (χ1v) is 5.19. The topological polar surface area (TPSA) is 112 Å². The molecule has 1 fully saturated rings. The van der Waals surface area contributed by atoms with E-state index in [4.69, 9.17) is 21.9 Å². The molecular formula is C9H19N5O. The van der Waals surface area contributed by atoms with E-state index in [-0.39, 0.29) is 11.9 Å². The molecule has 0 bridgehead atoms. The SMILES string of the molecule is NC(N)=NC(N)=NCCC1CCCCO1. The summed E-state index contributed by atoms with van der Waals surface area (Å²) in [6.07, 6.45) is 4.70. The summed E-state index contributed by atoms with van der Waals surface area (Å²) < 4.78 is 5.55. The normalized spacial score (nSPS) is 22.4. The Morgan fingerprint density at radius 1 is 1.27 bits per heavy atom. The molecule has 1 rings (SSSR count). The fourth-order valence-electron chi connectivity index (χ4n) is 1.53. The van der Waals surface area contributed by atoms with Crippen molar-refractivity contribution in [1.29, 1.82) is 0 Å². The van der Waals surface area contributed by atoms with Gasteiger partial charge in [0.1, 0.15) is 0 Å². The quantitative estimate of drug-likeness (QED) is 0.434. The lowest BCUT2D eigenvalue weighted by molar-refractivity contribution is 0.0129. The Kier molecular flexibility index (Phi) is 4.89. The van der Waals surface area contributed by atoms with Crippen LogP contribution >= 0.6 is 0 Å². The largest absolute Gasteiger partial charge is 0.378 e. The van der Waals surface area contributed by atoms with E-state index >= 15 is 0 Å². The van der Waals surface area contributed by atoms with Crippen molar-refractivity contribution in [3.8, 4) is 0 Å². The highest BCUT2D eigenvalue weighted by molar-refractivity contribution is 5.92. The fourth-order valence-corrected chi connectivity index (χ4v) is 1.53. The van der Waals surface area contributed by atoms with E-state index in [1.54, 1.807) is 0 Å². The molecule has 6 heteroatoms. The number of aliphatic imine (C=N–C) groups is 2. The highest BCUT2D eigenvalue weighted by atomic mass is 16.5. The predicted octanol–water partition coefficient (Wildman–Crippen LogP) is -0.466. The molecular weight excluding hydrogens is 194 g/mol. The average Bonchev–Trinajstić information content (AvgIpc) is 2.18. The van der Waals surface area contributed by atoms with Crippen LogP contribution in [0.15, 0.2) is 9.98 Å². The van der Waals surface area contributed by atoms with Crippen LogP contribution in [0.4, 0.5) is 0 Å². The van der Waals surface area contributed by atoms with Gasteiger partial charge in [-0.05, 0) is 25.7 Å². The number of nitrogens with two attached hydrogens (primary N) is 3. The molecule has 15 heavy (non-hydrogen) atoms. The molecule has 0 aromatic rings.